The lowest BCUT2D eigenvalue weighted by atomic mass is 10.2. The highest BCUT2D eigenvalue weighted by Gasteiger charge is 2.06. The fourth-order valence-electron chi connectivity index (χ4n) is 1.15. The molecule has 0 N–H and O–H groups in total. The third-order valence-electron chi connectivity index (χ3n) is 2.02. The number of benzene rings is 1. The molecule has 0 aliphatic heterocycles. The van der Waals surface area contributed by atoms with Crippen molar-refractivity contribution < 1.29 is 9.13 Å². The fourth-order valence-corrected chi connectivity index (χ4v) is 1.32. The highest BCUT2D eigenvalue weighted by molar-refractivity contribution is 6.31. The van der Waals surface area contributed by atoms with Gasteiger partial charge in [0.2, 0.25) is 0 Å². The molecule has 1 aromatic carbocycles. The van der Waals surface area contributed by atoms with Gasteiger partial charge < -0.3 is 4.74 Å². The number of rotatable bonds is 2. The number of hydrogen-bond donors (Lipinski definition) is 0. The van der Waals surface area contributed by atoms with Crippen molar-refractivity contribution in [2.45, 2.75) is 6.92 Å². The second-order valence-electron chi connectivity index (χ2n) is 3.15. The van der Waals surface area contributed by atoms with Gasteiger partial charge in [-0.15, -0.1) is 0 Å². The maximum atomic E-state index is 12.6. The van der Waals surface area contributed by atoms with Crippen LogP contribution in [0, 0.1) is 12.7 Å². The molecule has 82 valence electrons. The maximum Gasteiger partial charge on any atom is 0.322 e. The molecule has 0 fully saturated rings. The van der Waals surface area contributed by atoms with Crippen LogP contribution in [-0.2, 0) is 0 Å². The Kier molecular flexibility index (Phi) is 3.01. The topological polar surface area (TPSA) is 35.0 Å². The Morgan fingerprint density at radius 1 is 1.25 bits per heavy atom. The van der Waals surface area contributed by atoms with Crippen molar-refractivity contribution in [3.8, 4) is 11.8 Å². The first-order valence-corrected chi connectivity index (χ1v) is 4.95. The normalized spacial score (nSPS) is 10.2. The fraction of sp³-hybridized carbons (Fsp3) is 0.0909. The van der Waals surface area contributed by atoms with Gasteiger partial charge in [-0.1, -0.05) is 17.7 Å². The van der Waals surface area contributed by atoms with Gasteiger partial charge in [-0.2, -0.15) is 0 Å². The van der Waals surface area contributed by atoms with Gasteiger partial charge in [0.25, 0.3) is 0 Å². The summed E-state index contributed by atoms with van der Waals surface area (Å²) < 4.78 is 17.9. The van der Waals surface area contributed by atoms with Crippen molar-refractivity contribution in [3.05, 3.63) is 47.0 Å². The van der Waals surface area contributed by atoms with Crippen molar-refractivity contribution in [2.75, 3.05) is 0 Å². The summed E-state index contributed by atoms with van der Waals surface area (Å²) in [7, 11) is 0. The van der Waals surface area contributed by atoms with Gasteiger partial charge in [0.15, 0.2) is 5.82 Å². The quantitative estimate of drug-likeness (QED) is 0.805. The van der Waals surface area contributed by atoms with Gasteiger partial charge in [-0.05, 0) is 19.1 Å². The number of hydrogen-bond acceptors (Lipinski definition) is 3. The van der Waals surface area contributed by atoms with Gasteiger partial charge in [0.1, 0.15) is 5.75 Å². The molecule has 0 atom stereocenters. The van der Waals surface area contributed by atoms with Crippen LogP contribution in [0.5, 0.6) is 11.8 Å². The highest BCUT2D eigenvalue weighted by Crippen LogP contribution is 2.27. The van der Waals surface area contributed by atoms with Crippen molar-refractivity contribution in [3.63, 3.8) is 0 Å². The minimum atomic E-state index is -0.504. The SMILES string of the molecule is Cc1c(Cl)cccc1Oc1ncc(F)cn1. The largest absolute Gasteiger partial charge is 0.424 e. The Hall–Kier alpha value is -1.68. The van der Waals surface area contributed by atoms with E-state index in [4.69, 9.17) is 16.3 Å². The van der Waals surface area contributed by atoms with Crippen LogP contribution in [0.15, 0.2) is 30.6 Å². The van der Waals surface area contributed by atoms with Gasteiger partial charge in [-0.3, -0.25) is 0 Å². The molecule has 1 heterocycles. The van der Waals surface area contributed by atoms with E-state index in [1.807, 2.05) is 6.92 Å². The van der Waals surface area contributed by atoms with E-state index >= 15 is 0 Å². The van der Waals surface area contributed by atoms with E-state index in [0.29, 0.717) is 10.8 Å². The highest BCUT2D eigenvalue weighted by atomic mass is 35.5. The van der Waals surface area contributed by atoms with Crippen LogP contribution in [-0.4, -0.2) is 9.97 Å². The Bertz CT molecular complexity index is 502. The molecule has 0 saturated carbocycles. The van der Waals surface area contributed by atoms with Crippen molar-refractivity contribution in [1.29, 1.82) is 0 Å². The van der Waals surface area contributed by atoms with E-state index in [0.717, 1.165) is 18.0 Å². The van der Waals surface area contributed by atoms with Crippen LogP contribution in [0.1, 0.15) is 5.56 Å². The summed E-state index contributed by atoms with van der Waals surface area (Å²) in [6.07, 6.45) is 2.09. The summed E-state index contributed by atoms with van der Waals surface area (Å²) in [5.74, 6) is 0.0503. The van der Waals surface area contributed by atoms with E-state index in [1.54, 1.807) is 18.2 Å². The first-order chi connectivity index (χ1) is 7.66. The second kappa shape index (κ2) is 4.45. The van der Waals surface area contributed by atoms with Gasteiger partial charge in [-0.25, -0.2) is 14.4 Å². The third kappa shape index (κ3) is 2.28. The monoisotopic (exact) mass is 238 g/mol. The van der Waals surface area contributed by atoms with Crippen LogP contribution in [0.2, 0.25) is 5.02 Å². The first kappa shape index (κ1) is 10.8. The van der Waals surface area contributed by atoms with E-state index in [9.17, 15) is 4.39 Å². The summed E-state index contributed by atoms with van der Waals surface area (Å²) in [5, 5.41) is 0.597. The van der Waals surface area contributed by atoms with Crippen LogP contribution >= 0.6 is 11.6 Å². The summed E-state index contributed by atoms with van der Waals surface area (Å²) in [4.78, 5) is 7.39. The Labute approximate surface area is 96.9 Å². The van der Waals surface area contributed by atoms with Crippen LogP contribution in [0.4, 0.5) is 4.39 Å². The lowest BCUT2D eigenvalue weighted by molar-refractivity contribution is 0.433. The van der Waals surface area contributed by atoms with Crippen molar-refractivity contribution in [1.82, 2.24) is 9.97 Å². The smallest absolute Gasteiger partial charge is 0.322 e. The van der Waals surface area contributed by atoms with Gasteiger partial charge in [0, 0.05) is 10.6 Å². The minimum absolute atomic E-state index is 0.0896. The zero-order valence-electron chi connectivity index (χ0n) is 8.45. The van der Waals surface area contributed by atoms with Crippen LogP contribution in [0.3, 0.4) is 0 Å². The van der Waals surface area contributed by atoms with Crippen molar-refractivity contribution in [2.24, 2.45) is 0 Å². The molecule has 0 unspecified atom stereocenters. The molecule has 16 heavy (non-hydrogen) atoms. The number of aromatic nitrogens is 2. The van der Waals surface area contributed by atoms with Crippen LogP contribution in [0.25, 0.3) is 0 Å². The molecule has 2 rings (SSSR count). The lowest BCUT2D eigenvalue weighted by Crippen LogP contribution is -1.94. The van der Waals surface area contributed by atoms with E-state index in [1.165, 1.54) is 0 Å². The number of nitrogens with zero attached hydrogens (tertiary/aromatic N) is 2. The average Bonchev–Trinajstić information content (AvgIpc) is 2.28. The molecule has 0 spiro atoms. The number of halogens is 2. The first-order valence-electron chi connectivity index (χ1n) is 4.57. The molecule has 0 aliphatic rings. The summed E-state index contributed by atoms with van der Waals surface area (Å²) in [6.45, 7) is 1.82. The molecule has 3 nitrogen and oxygen atoms in total. The molecule has 5 heteroatoms. The molecule has 0 radical (unpaired) electrons. The lowest BCUT2D eigenvalue weighted by Gasteiger charge is -2.07. The maximum absolute atomic E-state index is 12.6. The van der Waals surface area contributed by atoms with Gasteiger partial charge >= 0.3 is 6.01 Å². The van der Waals surface area contributed by atoms with Crippen LogP contribution < -0.4 is 4.74 Å². The molecule has 0 saturated heterocycles. The zero-order chi connectivity index (χ0) is 11.5. The van der Waals surface area contributed by atoms with Gasteiger partial charge in [0.05, 0.1) is 12.4 Å². The molecular formula is C11H8ClFN2O. The molecule has 0 aliphatic carbocycles. The number of ether oxygens (including phenoxy) is 1. The van der Waals surface area contributed by atoms with E-state index in [2.05, 4.69) is 9.97 Å². The molecule has 1 aromatic heterocycles. The Morgan fingerprint density at radius 3 is 2.62 bits per heavy atom. The Balaban J connectivity index is 2.27. The minimum Gasteiger partial charge on any atom is -0.424 e. The predicted molar refractivity (Wildman–Crippen MR) is 58.3 cm³/mol. The molecular weight excluding hydrogens is 231 g/mol. The predicted octanol–water partition coefficient (Wildman–Crippen LogP) is 3.37. The standard InChI is InChI=1S/C11H8ClFN2O/c1-7-9(12)3-2-4-10(7)16-11-14-5-8(13)6-15-11/h2-6H,1H3. The van der Waals surface area contributed by atoms with Crippen molar-refractivity contribution >= 4 is 11.6 Å². The van der Waals surface area contributed by atoms with E-state index < -0.39 is 5.82 Å². The molecule has 2 aromatic rings. The molecule has 0 amide bonds. The summed E-state index contributed by atoms with van der Waals surface area (Å²) in [6, 6.07) is 5.35. The third-order valence-corrected chi connectivity index (χ3v) is 2.43. The zero-order valence-corrected chi connectivity index (χ0v) is 9.20. The second-order valence-corrected chi connectivity index (χ2v) is 3.56. The average molecular weight is 239 g/mol. The molecule has 0 bridgehead atoms. The van der Waals surface area contributed by atoms with E-state index in [-0.39, 0.29) is 6.01 Å². The Morgan fingerprint density at radius 2 is 1.94 bits per heavy atom. The summed E-state index contributed by atoms with van der Waals surface area (Å²) >= 11 is 5.92. The summed E-state index contributed by atoms with van der Waals surface area (Å²) in [5.41, 5.74) is 0.789.